The van der Waals surface area contributed by atoms with E-state index in [9.17, 15) is 4.79 Å². The summed E-state index contributed by atoms with van der Waals surface area (Å²) in [6.45, 7) is 5.87. The van der Waals surface area contributed by atoms with Crippen molar-refractivity contribution in [3.05, 3.63) is 35.0 Å². The number of hydrogen-bond acceptors (Lipinski definition) is 4. The molecule has 124 valence electrons. The molecule has 3 heterocycles. The van der Waals surface area contributed by atoms with Crippen molar-refractivity contribution >= 4 is 17.2 Å². The lowest BCUT2D eigenvalue weighted by atomic mass is 10.1. The highest BCUT2D eigenvalue weighted by Gasteiger charge is 2.23. The van der Waals surface area contributed by atoms with Crippen molar-refractivity contribution in [1.82, 2.24) is 20.1 Å². The van der Waals surface area contributed by atoms with E-state index in [1.54, 1.807) is 17.5 Å². The molecule has 5 nitrogen and oxygen atoms in total. The van der Waals surface area contributed by atoms with E-state index in [1.807, 2.05) is 6.20 Å². The van der Waals surface area contributed by atoms with Gasteiger partial charge in [0.15, 0.2) is 0 Å². The van der Waals surface area contributed by atoms with Crippen LogP contribution in [0.1, 0.15) is 15.2 Å². The Morgan fingerprint density at radius 1 is 1.35 bits per heavy atom. The van der Waals surface area contributed by atoms with E-state index in [-0.39, 0.29) is 5.91 Å². The van der Waals surface area contributed by atoms with Crippen LogP contribution in [-0.2, 0) is 0 Å². The van der Waals surface area contributed by atoms with Gasteiger partial charge in [-0.15, -0.1) is 11.3 Å². The number of carbonyl (C=O) groups excluding carboxylic acids is 1. The van der Waals surface area contributed by atoms with Crippen LogP contribution in [0.25, 0.3) is 10.4 Å². The summed E-state index contributed by atoms with van der Waals surface area (Å²) >= 11 is 1.71. The van der Waals surface area contributed by atoms with Crippen LogP contribution in [0.15, 0.2) is 24.5 Å². The maximum atomic E-state index is 12.6. The SMILES string of the molecule is Cc1ccc(-c2c[nH]cc2C(=O)NCC2CN(C)CCN2C)s1. The van der Waals surface area contributed by atoms with E-state index >= 15 is 0 Å². The highest BCUT2D eigenvalue weighted by Crippen LogP contribution is 2.30. The molecule has 0 bridgehead atoms. The van der Waals surface area contributed by atoms with Gasteiger partial charge in [0, 0.05) is 59.9 Å². The average molecular weight is 332 g/mol. The summed E-state index contributed by atoms with van der Waals surface area (Å²) in [4.78, 5) is 22.7. The van der Waals surface area contributed by atoms with Crippen LogP contribution in [0.4, 0.5) is 0 Å². The summed E-state index contributed by atoms with van der Waals surface area (Å²) in [6.07, 6.45) is 3.69. The molecule has 0 spiro atoms. The predicted molar refractivity (Wildman–Crippen MR) is 95.1 cm³/mol. The molecule has 1 saturated heterocycles. The second-order valence-corrected chi connectivity index (χ2v) is 7.59. The number of amides is 1. The number of piperazine rings is 1. The number of H-pyrrole nitrogens is 1. The summed E-state index contributed by atoms with van der Waals surface area (Å²) in [6, 6.07) is 4.52. The zero-order valence-corrected chi connectivity index (χ0v) is 14.7. The fourth-order valence-corrected chi connectivity index (χ4v) is 3.86. The third-order valence-corrected chi connectivity index (χ3v) is 5.51. The van der Waals surface area contributed by atoms with Gasteiger partial charge in [-0.25, -0.2) is 0 Å². The normalized spacial score (nSPS) is 19.9. The number of aromatic amines is 1. The number of aryl methyl sites for hydroxylation is 1. The van der Waals surface area contributed by atoms with Crippen molar-refractivity contribution in [2.45, 2.75) is 13.0 Å². The molecule has 0 radical (unpaired) electrons. The zero-order chi connectivity index (χ0) is 16.4. The molecule has 2 aromatic rings. The number of hydrogen-bond donors (Lipinski definition) is 2. The fourth-order valence-electron chi connectivity index (χ4n) is 2.96. The number of thiophene rings is 1. The van der Waals surface area contributed by atoms with E-state index in [0.29, 0.717) is 12.6 Å². The van der Waals surface area contributed by atoms with Crippen LogP contribution in [0.2, 0.25) is 0 Å². The number of nitrogens with one attached hydrogen (secondary N) is 2. The lowest BCUT2D eigenvalue weighted by molar-refractivity contribution is 0.0882. The smallest absolute Gasteiger partial charge is 0.253 e. The summed E-state index contributed by atoms with van der Waals surface area (Å²) in [7, 11) is 4.26. The number of likely N-dealkylation sites (N-methyl/N-ethyl adjacent to an activating group) is 2. The van der Waals surface area contributed by atoms with Crippen LogP contribution < -0.4 is 5.32 Å². The van der Waals surface area contributed by atoms with Gasteiger partial charge in [0.1, 0.15) is 0 Å². The largest absolute Gasteiger partial charge is 0.366 e. The average Bonchev–Trinajstić information content (AvgIpc) is 3.16. The number of aromatic nitrogens is 1. The second kappa shape index (κ2) is 6.86. The lowest BCUT2D eigenvalue weighted by Gasteiger charge is -2.37. The molecule has 0 aliphatic carbocycles. The first kappa shape index (κ1) is 16.2. The van der Waals surface area contributed by atoms with Crippen LogP contribution in [0.3, 0.4) is 0 Å². The van der Waals surface area contributed by atoms with Crippen molar-refractivity contribution in [3.63, 3.8) is 0 Å². The van der Waals surface area contributed by atoms with E-state index in [0.717, 1.165) is 35.6 Å². The summed E-state index contributed by atoms with van der Waals surface area (Å²) in [5, 5.41) is 3.10. The Labute approximate surface area is 141 Å². The molecule has 23 heavy (non-hydrogen) atoms. The Hall–Kier alpha value is -1.63. The molecule has 0 aromatic carbocycles. The molecule has 6 heteroatoms. The van der Waals surface area contributed by atoms with Crippen LogP contribution >= 0.6 is 11.3 Å². The minimum atomic E-state index is -0.00562. The Balaban J connectivity index is 1.66. The molecule has 1 amide bonds. The van der Waals surface area contributed by atoms with Crippen LogP contribution in [-0.4, -0.2) is 67.0 Å². The van der Waals surface area contributed by atoms with Crippen molar-refractivity contribution in [3.8, 4) is 10.4 Å². The minimum Gasteiger partial charge on any atom is -0.366 e. The maximum Gasteiger partial charge on any atom is 0.253 e. The van der Waals surface area contributed by atoms with E-state index in [2.05, 4.69) is 53.3 Å². The Kier molecular flexibility index (Phi) is 4.84. The van der Waals surface area contributed by atoms with E-state index in [1.165, 1.54) is 4.88 Å². The Bertz CT molecular complexity index is 678. The van der Waals surface area contributed by atoms with Gasteiger partial charge in [0.05, 0.1) is 5.56 Å². The van der Waals surface area contributed by atoms with Crippen molar-refractivity contribution in [1.29, 1.82) is 0 Å². The Morgan fingerprint density at radius 3 is 2.91 bits per heavy atom. The number of rotatable bonds is 4. The van der Waals surface area contributed by atoms with Gasteiger partial charge in [-0.1, -0.05) is 0 Å². The standard InChI is InChI=1S/C17H24N4OS/c1-12-4-5-16(23-12)14-9-18-10-15(14)17(22)19-8-13-11-20(2)6-7-21(13)3/h4-5,9-10,13,18H,6-8,11H2,1-3H3,(H,19,22). The topological polar surface area (TPSA) is 51.4 Å². The van der Waals surface area contributed by atoms with Gasteiger partial charge >= 0.3 is 0 Å². The molecule has 1 aliphatic heterocycles. The van der Waals surface area contributed by atoms with Gasteiger partial charge in [-0.05, 0) is 33.2 Å². The fraction of sp³-hybridized carbons (Fsp3) is 0.471. The first-order valence-electron chi connectivity index (χ1n) is 7.95. The first-order chi connectivity index (χ1) is 11.0. The Morgan fingerprint density at radius 2 is 2.17 bits per heavy atom. The number of nitrogens with zero attached hydrogens (tertiary/aromatic N) is 2. The van der Waals surface area contributed by atoms with Gasteiger partial charge < -0.3 is 15.2 Å². The molecule has 1 aliphatic rings. The minimum absolute atomic E-state index is 0.00562. The van der Waals surface area contributed by atoms with Crippen molar-refractivity contribution in [2.24, 2.45) is 0 Å². The summed E-state index contributed by atoms with van der Waals surface area (Å²) in [5.74, 6) is -0.00562. The van der Waals surface area contributed by atoms with E-state index < -0.39 is 0 Å². The molecule has 0 saturated carbocycles. The van der Waals surface area contributed by atoms with Crippen molar-refractivity contribution < 1.29 is 4.79 Å². The molecule has 3 rings (SSSR count). The highest BCUT2D eigenvalue weighted by atomic mass is 32.1. The third kappa shape index (κ3) is 3.65. The lowest BCUT2D eigenvalue weighted by Crippen LogP contribution is -2.54. The van der Waals surface area contributed by atoms with Gasteiger partial charge in [0.25, 0.3) is 5.91 Å². The number of carbonyl (C=O) groups is 1. The molecule has 2 N–H and O–H groups in total. The van der Waals surface area contributed by atoms with Gasteiger partial charge in [-0.3, -0.25) is 9.69 Å². The van der Waals surface area contributed by atoms with Gasteiger partial charge in [-0.2, -0.15) is 0 Å². The van der Waals surface area contributed by atoms with Crippen LogP contribution in [0.5, 0.6) is 0 Å². The quantitative estimate of drug-likeness (QED) is 0.901. The summed E-state index contributed by atoms with van der Waals surface area (Å²) < 4.78 is 0. The second-order valence-electron chi connectivity index (χ2n) is 6.30. The van der Waals surface area contributed by atoms with E-state index in [4.69, 9.17) is 0 Å². The monoisotopic (exact) mass is 332 g/mol. The third-order valence-electron chi connectivity index (χ3n) is 4.47. The molecular weight excluding hydrogens is 308 g/mol. The first-order valence-corrected chi connectivity index (χ1v) is 8.77. The maximum absolute atomic E-state index is 12.6. The molecule has 2 aromatic heterocycles. The molecular formula is C17H24N4OS. The molecule has 1 fully saturated rings. The van der Waals surface area contributed by atoms with Crippen LogP contribution in [0, 0.1) is 6.92 Å². The molecule has 1 atom stereocenters. The zero-order valence-electron chi connectivity index (χ0n) is 13.9. The summed E-state index contributed by atoms with van der Waals surface area (Å²) in [5.41, 5.74) is 1.70. The highest BCUT2D eigenvalue weighted by molar-refractivity contribution is 7.15. The van der Waals surface area contributed by atoms with Gasteiger partial charge in [0.2, 0.25) is 0 Å². The predicted octanol–water partition coefficient (Wildman–Crippen LogP) is 2.03. The van der Waals surface area contributed by atoms with Crippen molar-refractivity contribution in [2.75, 3.05) is 40.3 Å². The molecule has 1 unspecified atom stereocenters.